The van der Waals surface area contributed by atoms with Gasteiger partial charge in [-0.3, -0.25) is 0 Å². The lowest BCUT2D eigenvalue weighted by Crippen LogP contribution is -2.07. The first-order chi connectivity index (χ1) is 10.5. The molecule has 1 atom stereocenters. The molecule has 0 amide bonds. The van der Waals surface area contributed by atoms with E-state index in [2.05, 4.69) is 62.5 Å². The lowest BCUT2D eigenvalue weighted by molar-refractivity contribution is 0.491. The maximum absolute atomic E-state index is 4.75. The summed E-state index contributed by atoms with van der Waals surface area (Å²) in [5.41, 5.74) is 5.23. The van der Waals surface area contributed by atoms with Gasteiger partial charge in [0.25, 0.3) is 0 Å². The van der Waals surface area contributed by atoms with E-state index in [4.69, 9.17) is 4.98 Å². The van der Waals surface area contributed by atoms with Crippen LogP contribution in [0.5, 0.6) is 0 Å². The highest BCUT2D eigenvalue weighted by molar-refractivity contribution is 7.09. The van der Waals surface area contributed by atoms with Gasteiger partial charge in [0.2, 0.25) is 0 Å². The molecule has 1 N–H and O–H groups in total. The minimum Gasteiger partial charge on any atom is -0.361 e. The van der Waals surface area contributed by atoms with Gasteiger partial charge in [-0.05, 0) is 50.3 Å². The maximum Gasteiger partial charge on any atom is 0.0897 e. The summed E-state index contributed by atoms with van der Waals surface area (Å²) in [5.74, 6) is 1.18. The van der Waals surface area contributed by atoms with Crippen molar-refractivity contribution in [1.82, 2.24) is 9.97 Å². The Hall–Kier alpha value is -1.61. The van der Waals surface area contributed by atoms with Gasteiger partial charge in [-0.15, -0.1) is 11.3 Å². The molecule has 3 aromatic rings. The SMILES string of the molecule is Cc1ccc2[nH]cc(C[C@H](CC(C)C)c3csc(C)n3)c2c1. The Morgan fingerprint density at radius 3 is 2.73 bits per heavy atom. The number of nitrogens with one attached hydrogen (secondary N) is 1. The molecule has 0 radical (unpaired) electrons. The molecule has 22 heavy (non-hydrogen) atoms. The number of thiazole rings is 1. The van der Waals surface area contributed by atoms with Crippen molar-refractivity contribution < 1.29 is 0 Å². The molecule has 0 unspecified atom stereocenters. The van der Waals surface area contributed by atoms with Crippen LogP contribution in [0.2, 0.25) is 0 Å². The summed E-state index contributed by atoms with van der Waals surface area (Å²) in [5, 5.41) is 4.77. The summed E-state index contributed by atoms with van der Waals surface area (Å²) in [7, 11) is 0. The highest BCUT2D eigenvalue weighted by Gasteiger charge is 2.18. The van der Waals surface area contributed by atoms with Crippen LogP contribution in [0.1, 0.15) is 48.0 Å². The van der Waals surface area contributed by atoms with Gasteiger partial charge in [0.15, 0.2) is 0 Å². The zero-order valence-electron chi connectivity index (χ0n) is 13.8. The van der Waals surface area contributed by atoms with Gasteiger partial charge in [0.1, 0.15) is 0 Å². The van der Waals surface area contributed by atoms with E-state index in [1.807, 2.05) is 0 Å². The number of hydrogen-bond acceptors (Lipinski definition) is 2. The fourth-order valence-electron chi connectivity index (χ4n) is 3.17. The van der Waals surface area contributed by atoms with Crippen molar-refractivity contribution in [1.29, 1.82) is 0 Å². The molecule has 116 valence electrons. The Balaban J connectivity index is 1.93. The third kappa shape index (κ3) is 3.25. The number of aryl methyl sites for hydroxylation is 2. The van der Waals surface area contributed by atoms with Crippen LogP contribution in [0, 0.1) is 19.8 Å². The fourth-order valence-corrected chi connectivity index (χ4v) is 3.87. The van der Waals surface area contributed by atoms with E-state index >= 15 is 0 Å². The zero-order valence-corrected chi connectivity index (χ0v) is 14.6. The number of aromatic nitrogens is 2. The van der Waals surface area contributed by atoms with Crippen LogP contribution in [0.3, 0.4) is 0 Å². The first kappa shape index (κ1) is 15.3. The first-order valence-electron chi connectivity index (χ1n) is 8.01. The van der Waals surface area contributed by atoms with Crippen LogP contribution in [0.15, 0.2) is 29.8 Å². The first-order valence-corrected chi connectivity index (χ1v) is 8.89. The highest BCUT2D eigenvalue weighted by Crippen LogP contribution is 2.31. The van der Waals surface area contributed by atoms with E-state index in [1.165, 1.54) is 39.2 Å². The van der Waals surface area contributed by atoms with Gasteiger partial charge in [0.05, 0.1) is 10.7 Å². The molecule has 0 saturated carbocycles. The van der Waals surface area contributed by atoms with Crippen LogP contribution >= 0.6 is 11.3 Å². The molecule has 2 heterocycles. The molecular formula is C19H24N2S. The second kappa shape index (κ2) is 6.25. The summed E-state index contributed by atoms with van der Waals surface area (Å²) in [4.78, 5) is 8.16. The monoisotopic (exact) mass is 312 g/mol. The molecule has 3 rings (SSSR count). The van der Waals surface area contributed by atoms with Gasteiger partial charge in [-0.2, -0.15) is 0 Å². The second-order valence-corrected chi connectivity index (χ2v) is 7.75. The normalized spacial score (nSPS) is 13.1. The second-order valence-electron chi connectivity index (χ2n) is 6.68. The van der Waals surface area contributed by atoms with E-state index in [1.54, 1.807) is 11.3 Å². The molecular weight excluding hydrogens is 288 g/mol. The molecule has 2 aromatic heterocycles. The Morgan fingerprint density at radius 1 is 1.23 bits per heavy atom. The molecule has 0 saturated heterocycles. The molecule has 1 aromatic carbocycles. The number of rotatable bonds is 5. The van der Waals surface area contributed by atoms with Gasteiger partial charge in [-0.1, -0.05) is 25.5 Å². The van der Waals surface area contributed by atoms with E-state index in [-0.39, 0.29) is 0 Å². The summed E-state index contributed by atoms with van der Waals surface area (Å²) in [6, 6.07) is 6.64. The number of H-pyrrole nitrogens is 1. The van der Waals surface area contributed by atoms with Crippen LogP contribution in [-0.2, 0) is 6.42 Å². The summed E-state index contributed by atoms with van der Waals surface area (Å²) in [6.45, 7) is 8.85. The van der Waals surface area contributed by atoms with E-state index in [0.29, 0.717) is 11.8 Å². The van der Waals surface area contributed by atoms with Crippen LogP contribution < -0.4 is 0 Å². The van der Waals surface area contributed by atoms with Gasteiger partial charge >= 0.3 is 0 Å². The minimum absolute atomic E-state index is 0.504. The average molecular weight is 312 g/mol. The van der Waals surface area contributed by atoms with E-state index < -0.39 is 0 Å². The number of aromatic amines is 1. The summed E-state index contributed by atoms with van der Waals surface area (Å²) < 4.78 is 0. The summed E-state index contributed by atoms with van der Waals surface area (Å²) >= 11 is 1.76. The Morgan fingerprint density at radius 2 is 2.05 bits per heavy atom. The Bertz CT molecular complexity index is 767. The van der Waals surface area contributed by atoms with Crippen molar-refractivity contribution in [3.8, 4) is 0 Å². The number of benzene rings is 1. The van der Waals surface area contributed by atoms with Crippen LogP contribution in [-0.4, -0.2) is 9.97 Å². The van der Waals surface area contributed by atoms with E-state index in [9.17, 15) is 0 Å². The Labute approximate surface area is 136 Å². The highest BCUT2D eigenvalue weighted by atomic mass is 32.1. The minimum atomic E-state index is 0.504. The molecule has 3 heteroatoms. The number of nitrogens with zero attached hydrogens (tertiary/aromatic N) is 1. The third-order valence-corrected chi connectivity index (χ3v) is 4.99. The Kier molecular flexibility index (Phi) is 4.34. The average Bonchev–Trinajstić information content (AvgIpc) is 3.04. The topological polar surface area (TPSA) is 28.7 Å². The summed E-state index contributed by atoms with van der Waals surface area (Å²) in [6.07, 6.45) is 4.42. The molecule has 0 aliphatic rings. The molecule has 0 fully saturated rings. The predicted octanol–water partition coefficient (Wildman–Crippen LogP) is 5.61. The number of hydrogen-bond donors (Lipinski definition) is 1. The fraction of sp³-hybridized carbons (Fsp3) is 0.421. The van der Waals surface area contributed by atoms with Crippen LogP contribution in [0.25, 0.3) is 10.9 Å². The van der Waals surface area contributed by atoms with Crippen LogP contribution in [0.4, 0.5) is 0 Å². The van der Waals surface area contributed by atoms with Gasteiger partial charge in [-0.25, -0.2) is 4.98 Å². The molecule has 0 aliphatic heterocycles. The standard InChI is InChI=1S/C19H24N2S/c1-12(2)7-15(19-11-22-14(4)21-19)9-16-10-20-18-6-5-13(3)8-17(16)18/h5-6,8,10-12,15,20H,7,9H2,1-4H3/t15-/m0/s1. The van der Waals surface area contributed by atoms with Crippen molar-refractivity contribution >= 4 is 22.2 Å². The van der Waals surface area contributed by atoms with Gasteiger partial charge in [0, 0.05) is 28.4 Å². The third-order valence-electron chi connectivity index (χ3n) is 4.20. The molecule has 2 nitrogen and oxygen atoms in total. The predicted molar refractivity (Wildman–Crippen MR) is 95.8 cm³/mol. The smallest absolute Gasteiger partial charge is 0.0897 e. The van der Waals surface area contributed by atoms with Crippen molar-refractivity contribution in [2.45, 2.75) is 46.5 Å². The van der Waals surface area contributed by atoms with Crippen molar-refractivity contribution in [3.63, 3.8) is 0 Å². The lowest BCUT2D eigenvalue weighted by Gasteiger charge is -2.17. The van der Waals surface area contributed by atoms with Crippen molar-refractivity contribution in [2.75, 3.05) is 0 Å². The lowest BCUT2D eigenvalue weighted by atomic mass is 9.88. The van der Waals surface area contributed by atoms with Crippen molar-refractivity contribution in [2.24, 2.45) is 5.92 Å². The largest absolute Gasteiger partial charge is 0.361 e. The molecule has 0 aliphatic carbocycles. The van der Waals surface area contributed by atoms with Crippen molar-refractivity contribution in [3.05, 3.63) is 51.6 Å². The quantitative estimate of drug-likeness (QED) is 0.651. The van der Waals surface area contributed by atoms with Gasteiger partial charge < -0.3 is 4.98 Å². The van der Waals surface area contributed by atoms with E-state index in [0.717, 1.165) is 6.42 Å². The molecule has 0 bridgehead atoms. The maximum atomic E-state index is 4.75. The molecule has 0 spiro atoms. The zero-order chi connectivity index (χ0) is 15.7. The number of fused-ring (bicyclic) bond motifs is 1.